The van der Waals surface area contributed by atoms with Crippen LogP contribution in [0.3, 0.4) is 0 Å². The fourth-order valence-electron chi connectivity index (χ4n) is 2.62. The van der Waals surface area contributed by atoms with Crippen LogP contribution >= 0.6 is 0 Å². The zero-order chi connectivity index (χ0) is 18.7. The highest BCUT2D eigenvalue weighted by atomic mass is 19.4. The normalized spacial score (nSPS) is 24.7. The van der Waals surface area contributed by atoms with Crippen molar-refractivity contribution in [1.29, 1.82) is 0 Å². The maximum absolute atomic E-state index is 11.9. The van der Waals surface area contributed by atoms with Gasteiger partial charge in [-0.25, -0.2) is 0 Å². The van der Waals surface area contributed by atoms with Crippen LogP contribution in [0.1, 0.15) is 39.5 Å². The third-order valence-corrected chi connectivity index (χ3v) is 4.10. The van der Waals surface area contributed by atoms with E-state index >= 15 is 0 Å². The van der Waals surface area contributed by atoms with Gasteiger partial charge in [0.2, 0.25) is 0 Å². The Morgan fingerprint density at radius 3 is 1.67 bits per heavy atom. The second-order valence-electron chi connectivity index (χ2n) is 5.84. The third kappa shape index (κ3) is 5.24. The molecule has 0 saturated heterocycles. The van der Waals surface area contributed by atoms with Crippen LogP contribution in [0.4, 0.5) is 17.6 Å². The van der Waals surface area contributed by atoms with Crippen LogP contribution in [-0.2, 0) is 9.59 Å². The van der Waals surface area contributed by atoms with Gasteiger partial charge >= 0.3 is 6.18 Å². The average Bonchev–Trinajstić information content (AvgIpc) is 2.83. The monoisotopic (exact) mass is 352 g/mol. The van der Waals surface area contributed by atoms with Gasteiger partial charge in [0.05, 0.1) is 25.3 Å². The van der Waals surface area contributed by atoms with E-state index in [-0.39, 0.29) is 36.2 Å². The highest BCUT2D eigenvalue weighted by Crippen LogP contribution is 2.32. The van der Waals surface area contributed by atoms with Gasteiger partial charge in [-0.15, -0.1) is 0 Å². The van der Waals surface area contributed by atoms with Crippen molar-refractivity contribution in [1.82, 2.24) is 0 Å². The Morgan fingerprint density at radius 1 is 0.958 bits per heavy atom. The van der Waals surface area contributed by atoms with Crippen molar-refractivity contribution in [3.63, 3.8) is 0 Å². The van der Waals surface area contributed by atoms with E-state index in [0.29, 0.717) is 11.1 Å². The maximum Gasteiger partial charge on any atom is 0.393 e. The smallest absolute Gasteiger partial charge is 0.388 e. The highest BCUT2D eigenvalue weighted by molar-refractivity contribution is 6.00. The fraction of sp³-hybridized carbons (Fsp3) is 0.625. The quantitative estimate of drug-likeness (QED) is 0.766. The van der Waals surface area contributed by atoms with Crippen LogP contribution in [0.2, 0.25) is 0 Å². The number of ketones is 2. The largest absolute Gasteiger partial charge is 0.393 e. The maximum atomic E-state index is 11.9. The standard InChI is InChI=1S/C8H9F3O2.C8H11FO2/c1-4-5(3-8(9,10)11)7(13)2-6(4)12;1-5-6(2-3-9)8(11)4-7(5)10/h6,12H,2-3H2,1H3;7,10H,2-4H2,1H3/t6-;/m0./s1. The Hall–Kier alpha value is -1.54. The Morgan fingerprint density at radius 2 is 1.38 bits per heavy atom. The molecule has 2 atom stereocenters. The van der Waals surface area contributed by atoms with Crippen LogP contribution in [0.25, 0.3) is 0 Å². The molecule has 0 aliphatic heterocycles. The van der Waals surface area contributed by atoms with E-state index in [4.69, 9.17) is 10.2 Å². The number of rotatable bonds is 3. The van der Waals surface area contributed by atoms with Gasteiger partial charge in [-0.2, -0.15) is 13.2 Å². The van der Waals surface area contributed by atoms with E-state index in [9.17, 15) is 27.2 Å². The van der Waals surface area contributed by atoms with E-state index < -0.39 is 37.3 Å². The molecule has 2 aliphatic rings. The van der Waals surface area contributed by atoms with Crippen LogP contribution in [0, 0.1) is 0 Å². The van der Waals surface area contributed by atoms with Gasteiger partial charge in [0.25, 0.3) is 0 Å². The Bertz CT molecular complexity index is 575. The minimum Gasteiger partial charge on any atom is -0.388 e. The van der Waals surface area contributed by atoms with Gasteiger partial charge in [0.15, 0.2) is 11.6 Å². The predicted octanol–water partition coefficient (Wildman–Crippen LogP) is 2.59. The number of allylic oxidation sites excluding steroid dienone is 2. The Labute approximate surface area is 136 Å². The molecule has 0 aromatic carbocycles. The summed E-state index contributed by atoms with van der Waals surface area (Å²) in [5, 5.41) is 18.3. The lowest BCUT2D eigenvalue weighted by molar-refractivity contribution is -0.133. The third-order valence-electron chi connectivity index (χ3n) is 4.10. The summed E-state index contributed by atoms with van der Waals surface area (Å²) in [5.41, 5.74) is 1.01. The Kier molecular flexibility index (Phi) is 6.86. The summed E-state index contributed by atoms with van der Waals surface area (Å²) in [7, 11) is 0. The molecule has 0 spiro atoms. The van der Waals surface area contributed by atoms with Crippen LogP contribution < -0.4 is 0 Å². The number of alkyl halides is 4. The molecule has 0 heterocycles. The molecule has 2 rings (SSSR count). The number of Topliss-reactive ketones (excluding diaryl/α,β-unsaturated/α-hetero) is 2. The number of carbonyl (C=O) groups excluding carboxylic acids is 2. The summed E-state index contributed by atoms with van der Waals surface area (Å²) in [6.45, 7) is 2.52. The molecule has 24 heavy (non-hydrogen) atoms. The molecular formula is C16H20F4O4. The molecule has 0 amide bonds. The van der Waals surface area contributed by atoms with Gasteiger partial charge in [-0.1, -0.05) is 0 Å². The fourth-order valence-corrected chi connectivity index (χ4v) is 2.62. The summed E-state index contributed by atoms with van der Waals surface area (Å²) in [5.74, 6) is -0.699. The van der Waals surface area contributed by atoms with E-state index in [1.807, 2.05) is 0 Å². The van der Waals surface area contributed by atoms with Crippen molar-refractivity contribution in [2.45, 2.75) is 57.9 Å². The molecule has 8 heteroatoms. The van der Waals surface area contributed by atoms with E-state index in [1.165, 1.54) is 6.92 Å². The molecular weight excluding hydrogens is 332 g/mol. The predicted molar refractivity (Wildman–Crippen MR) is 77.9 cm³/mol. The van der Waals surface area contributed by atoms with Crippen LogP contribution in [0.15, 0.2) is 22.3 Å². The van der Waals surface area contributed by atoms with Gasteiger partial charge in [-0.3, -0.25) is 14.0 Å². The molecule has 2 aliphatic carbocycles. The van der Waals surface area contributed by atoms with E-state index in [2.05, 4.69) is 0 Å². The van der Waals surface area contributed by atoms with Gasteiger partial charge in [0, 0.05) is 24.8 Å². The van der Waals surface area contributed by atoms with Crippen molar-refractivity contribution >= 4 is 11.6 Å². The first kappa shape index (κ1) is 20.5. The first-order valence-electron chi connectivity index (χ1n) is 7.42. The highest BCUT2D eigenvalue weighted by Gasteiger charge is 2.37. The second-order valence-corrected chi connectivity index (χ2v) is 5.84. The van der Waals surface area contributed by atoms with Crippen molar-refractivity contribution in [2.24, 2.45) is 0 Å². The molecule has 2 N–H and O–H groups in total. The molecule has 1 unspecified atom stereocenters. The number of hydrogen-bond acceptors (Lipinski definition) is 4. The zero-order valence-corrected chi connectivity index (χ0v) is 13.4. The van der Waals surface area contributed by atoms with Crippen molar-refractivity contribution in [3.05, 3.63) is 22.3 Å². The lowest BCUT2D eigenvalue weighted by Gasteiger charge is -2.07. The average molecular weight is 352 g/mol. The Balaban J connectivity index is 0.000000243. The minimum atomic E-state index is -4.38. The topological polar surface area (TPSA) is 74.6 Å². The van der Waals surface area contributed by atoms with Crippen molar-refractivity contribution in [2.75, 3.05) is 6.67 Å². The SMILES string of the molecule is CC1=C(CC(F)(F)F)C(=O)C[C@@H]1O.CC1=C(CCF)C(=O)CC1O. The summed E-state index contributed by atoms with van der Waals surface area (Å²) in [4.78, 5) is 22.0. The van der Waals surface area contributed by atoms with Gasteiger partial charge < -0.3 is 10.2 Å². The summed E-state index contributed by atoms with van der Waals surface area (Å²) in [6.07, 6.45) is -7.21. The molecule has 0 radical (unpaired) electrons. The first-order chi connectivity index (χ1) is 11.0. The van der Waals surface area contributed by atoms with Gasteiger partial charge in [-0.05, 0) is 30.6 Å². The molecule has 0 bridgehead atoms. The number of aliphatic hydroxyl groups excluding tert-OH is 2. The van der Waals surface area contributed by atoms with Gasteiger partial charge in [0.1, 0.15) is 0 Å². The number of aliphatic hydroxyl groups is 2. The van der Waals surface area contributed by atoms with Crippen molar-refractivity contribution < 1.29 is 37.4 Å². The molecule has 4 nitrogen and oxygen atoms in total. The molecule has 136 valence electrons. The lowest BCUT2D eigenvalue weighted by Crippen LogP contribution is -2.12. The summed E-state index contributed by atoms with van der Waals surface area (Å²) < 4.78 is 47.6. The van der Waals surface area contributed by atoms with Crippen LogP contribution in [0.5, 0.6) is 0 Å². The summed E-state index contributed by atoms with van der Waals surface area (Å²) in [6, 6.07) is 0. The van der Waals surface area contributed by atoms with E-state index in [0.717, 1.165) is 0 Å². The minimum absolute atomic E-state index is 0.104. The van der Waals surface area contributed by atoms with E-state index in [1.54, 1.807) is 6.92 Å². The van der Waals surface area contributed by atoms with Crippen LogP contribution in [-0.4, -0.2) is 46.8 Å². The first-order valence-corrected chi connectivity index (χ1v) is 7.42. The second kappa shape index (κ2) is 8.02. The zero-order valence-electron chi connectivity index (χ0n) is 13.4. The number of carbonyl (C=O) groups is 2. The molecule has 0 aromatic rings. The molecule has 0 aromatic heterocycles. The van der Waals surface area contributed by atoms with Crippen molar-refractivity contribution in [3.8, 4) is 0 Å². The lowest BCUT2D eigenvalue weighted by atomic mass is 10.1. The number of halogens is 4. The summed E-state index contributed by atoms with van der Waals surface area (Å²) >= 11 is 0. The molecule has 0 saturated carbocycles. The number of hydrogen-bond donors (Lipinski definition) is 2. The molecule has 0 fully saturated rings.